The molecule has 0 radical (unpaired) electrons. The minimum absolute atomic E-state index is 0.0133. The Morgan fingerprint density at radius 1 is 0.676 bits per heavy atom. The Bertz CT molecular complexity index is 633. The van der Waals surface area contributed by atoms with Crippen molar-refractivity contribution >= 4 is 29.7 Å². The minimum Gasteiger partial charge on any atom is -0.480 e. The van der Waals surface area contributed by atoms with Gasteiger partial charge in [-0.25, -0.2) is 0 Å². The number of aliphatic carboxylic acids is 2. The second-order valence-corrected chi connectivity index (χ2v) is 6.68. The Labute approximate surface area is 196 Å². The first kappa shape index (κ1) is 31.1. The van der Waals surface area contributed by atoms with Gasteiger partial charge in [-0.05, 0) is 6.42 Å². The van der Waals surface area contributed by atoms with Crippen LogP contribution in [-0.2, 0) is 42.9 Å². The van der Waals surface area contributed by atoms with Crippen molar-refractivity contribution in [1.29, 1.82) is 0 Å². The molecule has 0 fully saturated rings. The van der Waals surface area contributed by atoms with Crippen LogP contribution in [0.3, 0.4) is 0 Å². The number of ether oxygens (including phenoxy) is 4. The van der Waals surface area contributed by atoms with Crippen molar-refractivity contribution in [3.05, 3.63) is 0 Å². The van der Waals surface area contributed by atoms with E-state index in [4.69, 9.17) is 34.9 Å². The van der Waals surface area contributed by atoms with Gasteiger partial charge in [0.15, 0.2) is 0 Å². The van der Waals surface area contributed by atoms with Gasteiger partial charge in [-0.1, -0.05) is 0 Å². The summed E-state index contributed by atoms with van der Waals surface area (Å²) in [6, 6.07) is -1.07. The molecular formula is C19H34N4O11. The van der Waals surface area contributed by atoms with Gasteiger partial charge in [0.05, 0.1) is 39.6 Å². The third-order valence-electron chi connectivity index (χ3n) is 3.78. The summed E-state index contributed by atoms with van der Waals surface area (Å²) in [5, 5.41) is 24.3. The SMILES string of the molecule is NC(CCC(=O)NCCOCCOCC(=O)NCCOCCOCC(=O)NCC(=O)O)C(=O)O. The fourth-order valence-corrected chi connectivity index (χ4v) is 2.07. The molecule has 0 rings (SSSR count). The summed E-state index contributed by atoms with van der Waals surface area (Å²) in [7, 11) is 0. The van der Waals surface area contributed by atoms with Crippen LogP contribution in [0.1, 0.15) is 12.8 Å². The Morgan fingerprint density at radius 2 is 1.15 bits per heavy atom. The highest BCUT2D eigenvalue weighted by Crippen LogP contribution is 1.94. The standard InChI is InChI=1S/C19H34N4O11/c20-14(19(29)30)1-2-15(24)21-3-5-31-7-9-33-12-16(25)22-4-6-32-8-10-34-13-17(26)23-11-18(27)28/h14H,1-13,20H2,(H,21,24)(H,22,25)(H,23,26)(H,27,28)(H,29,30). The number of carboxylic acids is 2. The first-order valence-electron chi connectivity index (χ1n) is 10.5. The van der Waals surface area contributed by atoms with Crippen molar-refractivity contribution < 1.29 is 53.1 Å². The molecule has 1 atom stereocenters. The number of amides is 3. The molecule has 3 amide bonds. The molecule has 0 saturated carbocycles. The summed E-state index contributed by atoms with van der Waals surface area (Å²) in [5.41, 5.74) is 5.31. The van der Waals surface area contributed by atoms with Gasteiger partial charge in [0.1, 0.15) is 25.8 Å². The van der Waals surface area contributed by atoms with Crippen LogP contribution < -0.4 is 21.7 Å². The number of hydrogen-bond donors (Lipinski definition) is 6. The smallest absolute Gasteiger partial charge is 0.322 e. The number of nitrogens with two attached hydrogens (primary N) is 1. The summed E-state index contributed by atoms with van der Waals surface area (Å²) in [6.45, 7) is 0.839. The molecule has 0 aliphatic carbocycles. The topological polar surface area (TPSA) is 225 Å². The molecule has 0 heterocycles. The number of hydrogen-bond acceptors (Lipinski definition) is 10. The molecule has 0 aliphatic rings. The normalized spacial score (nSPS) is 11.4. The van der Waals surface area contributed by atoms with Crippen LogP contribution in [0, 0.1) is 0 Å². The maximum Gasteiger partial charge on any atom is 0.322 e. The first-order valence-corrected chi connectivity index (χ1v) is 10.5. The molecule has 15 heteroatoms. The molecule has 1 unspecified atom stereocenters. The van der Waals surface area contributed by atoms with Crippen LogP contribution in [0.2, 0.25) is 0 Å². The van der Waals surface area contributed by atoms with E-state index in [9.17, 15) is 24.0 Å². The maximum absolute atomic E-state index is 11.6. The number of carbonyl (C=O) groups is 5. The van der Waals surface area contributed by atoms with Crippen molar-refractivity contribution in [2.45, 2.75) is 18.9 Å². The second-order valence-electron chi connectivity index (χ2n) is 6.68. The molecular weight excluding hydrogens is 460 g/mol. The van der Waals surface area contributed by atoms with E-state index < -0.39 is 30.4 Å². The maximum atomic E-state index is 11.6. The Morgan fingerprint density at radius 3 is 1.65 bits per heavy atom. The number of carbonyl (C=O) groups excluding carboxylic acids is 3. The predicted molar refractivity (Wildman–Crippen MR) is 115 cm³/mol. The molecule has 0 aromatic carbocycles. The first-order chi connectivity index (χ1) is 16.2. The molecule has 0 spiro atoms. The lowest BCUT2D eigenvalue weighted by molar-refractivity contribution is -0.139. The molecule has 0 bridgehead atoms. The lowest BCUT2D eigenvalue weighted by Gasteiger charge is -2.09. The van der Waals surface area contributed by atoms with Crippen LogP contribution in [0.25, 0.3) is 0 Å². The van der Waals surface area contributed by atoms with Gasteiger partial charge in [-0.15, -0.1) is 0 Å². The van der Waals surface area contributed by atoms with Gasteiger partial charge in [-0.3, -0.25) is 24.0 Å². The van der Waals surface area contributed by atoms with Crippen molar-refractivity contribution in [3.8, 4) is 0 Å². The van der Waals surface area contributed by atoms with Crippen LogP contribution in [0.4, 0.5) is 0 Å². The van der Waals surface area contributed by atoms with Gasteiger partial charge >= 0.3 is 11.9 Å². The highest BCUT2D eigenvalue weighted by molar-refractivity contribution is 5.82. The van der Waals surface area contributed by atoms with E-state index in [0.717, 1.165) is 0 Å². The van der Waals surface area contributed by atoms with Crippen LogP contribution in [0.15, 0.2) is 0 Å². The summed E-state index contributed by atoms with van der Waals surface area (Å²) in [4.78, 5) is 55.1. The highest BCUT2D eigenvalue weighted by atomic mass is 16.5. The van der Waals surface area contributed by atoms with Gasteiger partial charge < -0.3 is 50.8 Å². The average molecular weight is 494 g/mol. The summed E-state index contributed by atoms with van der Waals surface area (Å²) in [5.74, 6) is -3.48. The van der Waals surface area contributed by atoms with E-state index in [1.807, 2.05) is 0 Å². The van der Waals surface area contributed by atoms with Crippen molar-refractivity contribution in [2.24, 2.45) is 5.73 Å². The molecule has 15 nitrogen and oxygen atoms in total. The molecule has 34 heavy (non-hydrogen) atoms. The number of carboxylic acid groups (broad SMARTS) is 2. The molecule has 0 aromatic heterocycles. The predicted octanol–water partition coefficient (Wildman–Crippen LogP) is -3.32. The van der Waals surface area contributed by atoms with E-state index >= 15 is 0 Å². The number of nitrogens with one attached hydrogen (secondary N) is 3. The quantitative estimate of drug-likeness (QED) is 0.0813. The lowest BCUT2D eigenvalue weighted by atomic mass is 10.1. The Hall–Kier alpha value is -2.85. The van der Waals surface area contributed by atoms with Crippen LogP contribution in [-0.4, -0.2) is 118 Å². The zero-order valence-electron chi connectivity index (χ0n) is 18.9. The highest BCUT2D eigenvalue weighted by Gasteiger charge is 2.13. The fourth-order valence-electron chi connectivity index (χ4n) is 2.07. The molecule has 196 valence electrons. The Kier molecular flexibility index (Phi) is 19.0. The van der Waals surface area contributed by atoms with E-state index in [0.29, 0.717) is 0 Å². The van der Waals surface area contributed by atoms with Gasteiger partial charge in [0, 0.05) is 19.5 Å². The summed E-state index contributed by atoms with van der Waals surface area (Å²) < 4.78 is 20.6. The average Bonchev–Trinajstić information content (AvgIpc) is 2.79. The molecule has 0 aromatic rings. The molecule has 0 saturated heterocycles. The van der Waals surface area contributed by atoms with E-state index in [2.05, 4.69) is 16.0 Å². The third-order valence-corrected chi connectivity index (χ3v) is 3.78. The van der Waals surface area contributed by atoms with Gasteiger partial charge in [0.2, 0.25) is 17.7 Å². The summed E-state index contributed by atoms with van der Waals surface area (Å²) in [6.07, 6.45) is 0.0650. The van der Waals surface area contributed by atoms with Crippen molar-refractivity contribution in [2.75, 3.05) is 72.5 Å². The fraction of sp³-hybridized carbons (Fsp3) is 0.737. The Balaban J connectivity index is 3.40. The largest absolute Gasteiger partial charge is 0.480 e. The minimum atomic E-state index is -1.15. The third kappa shape index (κ3) is 21.0. The van der Waals surface area contributed by atoms with E-state index in [1.165, 1.54) is 0 Å². The van der Waals surface area contributed by atoms with E-state index in [1.54, 1.807) is 0 Å². The van der Waals surface area contributed by atoms with E-state index in [-0.39, 0.29) is 90.6 Å². The number of rotatable bonds is 22. The second kappa shape index (κ2) is 20.7. The van der Waals surface area contributed by atoms with Crippen LogP contribution in [0.5, 0.6) is 0 Å². The van der Waals surface area contributed by atoms with Crippen molar-refractivity contribution in [1.82, 2.24) is 16.0 Å². The zero-order valence-corrected chi connectivity index (χ0v) is 18.9. The summed E-state index contributed by atoms with van der Waals surface area (Å²) >= 11 is 0. The zero-order chi connectivity index (χ0) is 25.6. The van der Waals surface area contributed by atoms with Crippen molar-refractivity contribution in [3.63, 3.8) is 0 Å². The van der Waals surface area contributed by atoms with Gasteiger partial charge in [0.25, 0.3) is 0 Å². The molecule has 7 N–H and O–H groups in total. The van der Waals surface area contributed by atoms with Gasteiger partial charge in [-0.2, -0.15) is 0 Å². The molecule has 0 aliphatic heterocycles. The van der Waals surface area contributed by atoms with Crippen LogP contribution >= 0.6 is 0 Å². The monoisotopic (exact) mass is 494 g/mol. The lowest BCUT2D eigenvalue weighted by Crippen LogP contribution is -2.33.